The summed E-state index contributed by atoms with van der Waals surface area (Å²) in [6.07, 6.45) is 6.59. The normalized spacial score (nSPS) is 15.4. The lowest BCUT2D eigenvalue weighted by molar-refractivity contribution is 0.240. The Bertz CT molecular complexity index is 1260. The van der Waals surface area contributed by atoms with E-state index >= 15 is 0 Å². The van der Waals surface area contributed by atoms with Crippen molar-refractivity contribution in [3.63, 3.8) is 0 Å². The van der Waals surface area contributed by atoms with E-state index in [1.54, 1.807) is 13.4 Å². The minimum absolute atomic E-state index is 0.713. The van der Waals surface area contributed by atoms with Gasteiger partial charge in [-0.25, -0.2) is 14.6 Å². The fraction of sp³-hybridized carbons (Fsp3) is 0.348. The van der Waals surface area contributed by atoms with Crippen molar-refractivity contribution in [2.75, 3.05) is 18.6 Å². The quantitative estimate of drug-likeness (QED) is 0.468. The Hall–Kier alpha value is -3.17. The van der Waals surface area contributed by atoms with Gasteiger partial charge in [-0.2, -0.15) is 5.10 Å². The maximum absolute atomic E-state index is 5.32. The molecule has 0 spiro atoms. The summed E-state index contributed by atoms with van der Waals surface area (Å²) in [6.45, 7) is 4.38. The number of hydrogen-bond donors (Lipinski definition) is 0. The van der Waals surface area contributed by atoms with Gasteiger partial charge < -0.3 is 14.2 Å². The predicted molar refractivity (Wildman–Crippen MR) is 124 cm³/mol. The first-order chi connectivity index (χ1) is 15.7. The van der Waals surface area contributed by atoms with Crippen molar-refractivity contribution >= 4 is 16.3 Å². The highest BCUT2D eigenvalue weighted by molar-refractivity contribution is 7.17. The maximum atomic E-state index is 5.32. The van der Waals surface area contributed by atoms with E-state index in [2.05, 4.69) is 48.6 Å². The van der Waals surface area contributed by atoms with E-state index in [-0.39, 0.29) is 0 Å². The molecule has 4 aromatic rings. The van der Waals surface area contributed by atoms with E-state index in [1.807, 2.05) is 40.5 Å². The molecule has 2 aliphatic rings. The van der Waals surface area contributed by atoms with Crippen LogP contribution in [0.5, 0.6) is 5.75 Å². The summed E-state index contributed by atoms with van der Waals surface area (Å²) < 4.78 is 9.45. The Morgan fingerprint density at radius 1 is 1.12 bits per heavy atom. The molecule has 1 aromatic carbocycles. The van der Waals surface area contributed by atoms with Crippen molar-refractivity contribution in [1.82, 2.24) is 29.2 Å². The molecule has 6 rings (SSSR count). The molecule has 0 fully saturated rings. The molecule has 0 unspecified atom stereocenters. The van der Waals surface area contributed by atoms with Crippen molar-refractivity contribution in [3.05, 3.63) is 64.8 Å². The third kappa shape index (κ3) is 3.28. The number of fused-ring (bicyclic) bond motifs is 5. The fourth-order valence-electron chi connectivity index (χ4n) is 4.64. The summed E-state index contributed by atoms with van der Waals surface area (Å²) in [4.78, 5) is 15.5. The van der Waals surface area contributed by atoms with Gasteiger partial charge in [0.1, 0.15) is 29.6 Å². The Morgan fingerprint density at radius 3 is 2.78 bits per heavy atom. The Balaban J connectivity index is 1.32. The predicted octanol–water partition coefficient (Wildman–Crippen LogP) is 3.28. The van der Waals surface area contributed by atoms with Crippen LogP contribution in [0.25, 0.3) is 11.4 Å². The Kier molecular flexibility index (Phi) is 4.73. The molecule has 0 bridgehead atoms. The monoisotopic (exact) mass is 447 g/mol. The number of imidazole rings is 1. The number of rotatable bonds is 5. The van der Waals surface area contributed by atoms with Crippen LogP contribution < -0.4 is 9.64 Å². The Labute approximate surface area is 190 Å². The van der Waals surface area contributed by atoms with Crippen LogP contribution in [0, 0.1) is 0 Å². The molecule has 0 saturated carbocycles. The molecular weight excluding hydrogens is 422 g/mol. The van der Waals surface area contributed by atoms with Crippen LogP contribution in [0.4, 0.5) is 5.00 Å². The highest BCUT2D eigenvalue weighted by atomic mass is 32.1. The van der Waals surface area contributed by atoms with Gasteiger partial charge >= 0.3 is 0 Å². The number of aryl methyl sites for hydroxylation is 1. The molecular formula is C23H25N7OS. The number of hydrogen-bond acceptors (Lipinski definition) is 7. The number of nitrogens with zero attached hydrogens (tertiary/aromatic N) is 7. The highest BCUT2D eigenvalue weighted by Crippen LogP contribution is 2.47. The molecule has 2 aliphatic heterocycles. The van der Waals surface area contributed by atoms with Crippen molar-refractivity contribution in [1.29, 1.82) is 0 Å². The second-order valence-corrected chi connectivity index (χ2v) is 9.45. The van der Waals surface area contributed by atoms with Crippen molar-refractivity contribution in [3.8, 4) is 17.1 Å². The molecule has 32 heavy (non-hydrogen) atoms. The van der Waals surface area contributed by atoms with Crippen molar-refractivity contribution < 1.29 is 4.74 Å². The summed E-state index contributed by atoms with van der Waals surface area (Å²) in [5.41, 5.74) is 3.97. The summed E-state index contributed by atoms with van der Waals surface area (Å²) in [5, 5.41) is 5.82. The standard InChI is InChI=1S/C23H25N7OS/c1-27-10-8-24-20(27)13-28-9-7-18-19(12-28)32-23-21(18)22-25-14-26-30(22)15-29(23)11-16-3-5-17(31-2)6-4-16/h3-6,8,10,14H,7,9,11-13,15H2,1-2H3. The second kappa shape index (κ2) is 7.75. The lowest BCUT2D eigenvalue weighted by Gasteiger charge is -2.30. The molecule has 0 N–H and O–H groups in total. The molecule has 0 amide bonds. The van der Waals surface area contributed by atoms with Crippen LogP contribution in [0.3, 0.4) is 0 Å². The van der Waals surface area contributed by atoms with Gasteiger partial charge in [-0.15, -0.1) is 11.3 Å². The van der Waals surface area contributed by atoms with Crippen LogP contribution in [0.2, 0.25) is 0 Å². The lowest BCUT2D eigenvalue weighted by atomic mass is 10.0. The van der Waals surface area contributed by atoms with Crippen LogP contribution in [-0.4, -0.2) is 42.9 Å². The van der Waals surface area contributed by atoms with Crippen LogP contribution in [-0.2, 0) is 39.8 Å². The smallest absolute Gasteiger partial charge is 0.163 e. The minimum atomic E-state index is 0.713. The van der Waals surface area contributed by atoms with Crippen LogP contribution >= 0.6 is 11.3 Å². The summed E-state index contributed by atoms with van der Waals surface area (Å²) in [7, 11) is 3.76. The summed E-state index contributed by atoms with van der Waals surface area (Å²) in [6, 6.07) is 8.32. The van der Waals surface area contributed by atoms with Gasteiger partial charge in [0.2, 0.25) is 0 Å². The fourth-order valence-corrected chi connectivity index (χ4v) is 6.02. The van der Waals surface area contributed by atoms with Gasteiger partial charge in [-0.05, 0) is 29.7 Å². The van der Waals surface area contributed by atoms with E-state index < -0.39 is 0 Å². The van der Waals surface area contributed by atoms with Crippen molar-refractivity contribution in [2.45, 2.75) is 32.7 Å². The molecule has 9 heteroatoms. The first kappa shape index (κ1) is 19.5. The van der Waals surface area contributed by atoms with Gasteiger partial charge in [0, 0.05) is 44.0 Å². The van der Waals surface area contributed by atoms with E-state index in [0.717, 1.165) is 50.0 Å². The molecule has 8 nitrogen and oxygen atoms in total. The maximum Gasteiger partial charge on any atom is 0.163 e. The lowest BCUT2D eigenvalue weighted by Crippen LogP contribution is -2.31. The van der Waals surface area contributed by atoms with Gasteiger partial charge in [-0.3, -0.25) is 4.90 Å². The van der Waals surface area contributed by atoms with E-state index in [9.17, 15) is 0 Å². The van der Waals surface area contributed by atoms with Crippen molar-refractivity contribution in [2.24, 2.45) is 7.05 Å². The van der Waals surface area contributed by atoms with Gasteiger partial charge in [0.25, 0.3) is 0 Å². The molecule has 0 aliphatic carbocycles. The number of benzene rings is 1. The number of methoxy groups -OCH3 is 1. The average Bonchev–Trinajstić information content (AvgIpc) is 3.52. The average molecular weight is 448 g/mol. The van der Waals surface area contributed by atoms with Gasteiger partial charge in [0.15, 0.2) is 5.82 Å². The molecule has 0 saturated heterocycles. The minimum Gasteiger partial charge on any atom is -0.497 e. The number of aromatic nitrogens is 5. The first-order valence-electron chi connectivity index (χ1n) is 10.8. The van der Waals surface area contributed by atoms with Gasteiger partial charge in [-0.1, -0.05) is 12.1 Å². The van der Waals surface area contributed by atoms with E-state index in [0.29, 0.717) is 6.67 Å². The molecule has 3 aromatic heterocycles. The van der Waals surface area contributed by atoms with E-state index in [4.69, 9.17) is 4.74 Å². The second-order valence-electron chi connectivity index (χ2n) is 8.37. The summed E-state index contributed by atoms with van der Waals surface area (Å²) in [5.74, 6) is 2.99. The third-order valence-corrected chi connectivity index (χ3v) is 7.64. The molecule has 0 radical (unpaired) electrons. The largest absolute Gasteiger partial charge is 0.497 e. The first-order valence-corrected chi connectivity index (χ1v) is 11.6. The molecule has 164 valence electrons. The molecule has 5 heterocycles. The SMILES string of the molecule is COc1ccc(CN2Cn3ncnc3-c3c2sc2c3CCN(Cc3nccn3C)C2)cc1. The number of anilines is 1. The van der Waals surface area contributed by atoms with E-state index in [1.165, 1.54) is 26.6 Å². The zero-order valence-corrected chi connectivity index (χ0v) is 19.0. The molecule has 0 atom stereocenters. The zero-order chi connectivity index (χ0) is 21.7. The Morgan fingerprint density at radius 2 is 2.00 bits per heavy atom. The highest BCUT2D eigenvalue weighted by Gasteiger charge is 2.33. The van der Waals surface area contributed by atoms with Gasteiger partial charge in [0.05, 0.1) is 19.2 Å². The number of thiophene rings is 1. The third-order valence-electron chi connectivity index (χ3n) is 6.37. The number of ether oxygens (including phenoxy) is 1. The zero-order valence-electron chi connectivity index (χ0n) is 18.2. The topological polar surface area (TPSA) is 64.2 Å². The summed E-state index contributed by atoms with van der Waals surface area (Å²) >= 11 is 1.91. The van der Waals surface area contributed by atoms with Crippen LogP contribution in [0.15, 0.2) is 43.0 Å². The van der Waals surface area contributed by atoms with Crippen LogP contribution in [0.1, 0.15) is 21.8 Å².